The van der Waals surface area contributed by atoms with Crippen LogP contribution in [0.25, 0.3) is 0 Å². The van der Waals surface area contributed by atoms with Crippen molar-refractivity contribution in [2.45, 2.75) is 19.5 Å². The van der Waals surface area contributed by atoms with Crippen LogP contribution in [0.3, 0.4) is 0 Å². The molecule has 0 saturated carbocycles. The molecule has 20 heavy (non-hydrogen) atoms. The van der Waals surface area contributed by atoms with Gasteiger partial charge in [-0.3, -0.25) is 4.98 Å². The zero-order valence-electron chi connectivity index (χ0n) is 11.0. The minimum atomic E-state index is -1.06. The first-order chi connectivity index (χ1) is 9.58. The zero-order chi connectivity index (χ0) is 14.5. The maximum atomic E-state index is 13.6. The van der Waals surface area contributed by atoms with Crippen molar-refractivity contribution in [1.29, 1.82) is 0 Å². The highest BCUT2D eigenvalue weighted by atomic mass is 19.1. The minimum absolute atomic E-state index is 0.00316. The van der Waals surface area contributed by atoms with E-state index in [0.717, 1.165) is 5.56 Å². The molecule has 104 valence electrons. The number of nitrogens with zero attached hydrogens (tertiary/aromatic N) is 1. The normalized spacial score (nSPS) is 12.1. The van der Waals surface area contributed by atoms with Gasteiger partial charge in [-0.15, -0.1) is 0 Å². The minimum Gasteiger partial charge on any atom is -0.478 e. The Bertz CT molecular complexity index is 602. The van der Waals surface area contributed by atoms with Crippen molar-refractivity contribution in [2.24, 2.45) is 0 Å². The first-order valence-corrected chi connectivity index (χ1v) is 6.23. The Labute approximate surface area is 116 Å². The molecule has 5 heteroatoms. The molecule has 2 N–H and O–H groups in total. The van der Waals surface area contributed by atoms with Crippen molar-refractivity contribution < 1.29 is 14.3 Å². The highest BCUT2D eigenvalue weighted by Crippen LogP contribution is 2.14. The third-order valence-electron chi connectivity index (χ3n) is 3.08. The van der Waals surface area contributed by atoms with Gasteiger partial charge in [-0.1, -0.05) is 6.07 Å². The summed E-state index contributed by atoms with van der Waals surface area (Å²) < 4.78 is 13.6. The van der Waals surface area contributed by atoms with Gasteiger partial charge < -0.3 is 10.4 Å². The number of rotatable bonds is 5. The Morgan fingerprint density at radius 3 is 2.90 bits per heavy atom. The molecule has 2 aromatic rings. The van der Waals surface area contributed by atoms with Crippen LogP contribution in [-0.4, -0.2) is 16.1 Å². The number of hydrogen-bond acceptors (Lipinski definition) is 3. The van der Waals surface area contributed by atoms with E-state index in [2.05, 4.69) is 10.3 Å². The van der Waals surface area contributed by atoms with E-state index in [0.29, 0.717) is 5.56 Å². The summed E-state index contributed by atoms with van der Waals surface area (Å²) in [6.45, 7) is 2.19. The van der Waals surface area contributed by atoms with Crippen molar-refractivity contribution in [3.05, 3.63) is 65.2 Å². The highest BCUT2D eigenvalue weighted by Gasteiger charge is 2.10. The summed E-state index contributed by atoms with van der Waals surface area (Å²) in [5, 5.41) is 12.1. The molecule has 1 atom stereocenters. The first-order valence-electron chi connectivity index (χ1n) is 6.23. The molecule has 0 aliphatic rings. The fraction of sp³-hybridized carbons (Fsp3) is 0.200. The number of nitrogens with one attached hydrogen (secondary N) is 1. The summed E-state index contributed by atoms with van der Waals surface area (Å²) in [6, 6.07) is 7.53. The number of pyridine rings is 1. The maximum absolute atomic E-state index is 13.6. The van der Waals surface area contributed by atoms with Crippen molar-refractivity contribution in [3.63, 3.8) is 0 Å². The van der Waals surface area contributed by atoms with E-state index in [4.69, 9.17) is 5.11 Å². The second-order valence-electron chi connectivity index (χ2n) is 4.50. The van der Waals surface area contributed by atoms with Gasteiger partial charge in [-0.2, -0.15) is 0 Å². The molecular weight excluding hydrogens is 259 g/mol. The molecule has 2 rings (SSSR count). The molecular formula is C15H15FN2O2. The van der Waals surface area contributed by atoms with Crippen LogP contribution >= 0.6 is 0 Å². The van der Waals surface area contributed by atoms with Crippen LogP contribution in [0.4, 0.5) is 4.39 Å². The van der Waals surface area contributed by atoms with E-state index in [-0.39, 0.29) is 18.2 Å². The number of aromatic nitrogens is 1. The smallest absolute Gasteiger partial charge is 0.335 e. The average molecular weight is 274 g/mol. The molecule has 4 nitrogen and oxygen atoms in total. The van der Waals surface area contributed by atoms with Crippen LogP contribution in [0.15, 0.2) is 42.7 Å². The van der Waals surface area contributed by atoms with Gasteiger partial charge in [0.25, 0.3) is 0 Å². The van der Waals surface area contributed by atoms with Gasteiger partial charge in [0.1, 0.15) is 5.82 Å². The lowest BCUT2D eigenvalue weighted by Crippen LogP contribution is -2.19. The fourth-order valence-electron chi connectivity index (χ4n) is 1.86. The first kappa shape index (κ1) is 14.1. The second-order valence-corrected chi connectivity index (χ2v) is 4.50. The summed E-state index contributed by atoms with van der Waals surface area (Å²) >= 11 is 0. The Morgan fingerprint density at radius 2 is 2.25 bits per heavy atom. The van der Waals surface area contributed by atoms with Crippen LogP contribution in [-0.2, 0) is 6.54 Å². The molecule has 0 spiro atoms. The quantitative estimate of drug-likeness (QED) is 0.880. The van der Waals surface area contributed by atoms with Crippen LogP contribution in [0.5, 0.6) is 0 Å². The standard InChI is InChI=1S/C15H15FN2O2/c1-10(12-3-2-6-17-8-12)18-9-13-7-11(15(19)20)4-5-14(13)16/h2-8,10,18H,9H2,1H3,(H,19,20). The van der Waals surface area contributed by atoms with Crippen molar-refractivity contribution in [1.82, 2.24) is 10.3 Å². The lowest BCUT2D eigenvalue weighted by molar-refractivity contribution is 0.0696. The highest BCUT2D eigenvalue weighted by molar-refractivity contribution is 5.87. The molecule has 0 radical (unpaired) electrons. The SMILES string of the molecule is CC(NCc1cc(C(=O)O)ccc1F)c1cccnc1. The van der Waals surface area contributed by atoms with Gasteiger partial charge in [0, 0.05) is 30.5 Å². The van der Waals surface area contributed by atoms with Crippen molar-refractivity contribution in [2.75, 3.05) is 0 Å². The Morgan fingerprint density at radius 1 is 1.45 bits per heavy atom. The van der Waals surface area contributed by atoms with Gasteiger partial charge in [-0.25, -0.2) is 9.18 Å². The molecule has 0 fully saturated rings. The molecule has 0 aliphatic heterocycles. The van der Waals surface area contributed by atoms with Gasteiger partial charge in [0.05, 0.1) is 5.56 Å². The summed E-state index contributed by atoms with van der Waals surface area (Å²) in [5.74, 6) is -1.48. The molecule has 0 amide bonds. The van der Waals surface area contributed by atoms with E-state index in [1.807, 2.05) is 19.1 Å². The van der Waals surface area contributed by atoms with Gasteiger partial charge in [0.15, 0.2) is 0 Å². The summed E-state index contributed by atoms with van der Waals surface area (Å²) in [7, 11) is 0. The fourth-order valence-corrected chi connectivity index (χ4v) is 1.86. The molecule has 1 aromatic carbocycles. The molecule has 0 saturated heterocycles. The Balaban J connectivity index is 2.07. The van der Waals surface area contributed by atoms with E-state index >= 15 is 0 Å². The largest absolute Gasteiger partial charge is 0.478 e. The summed E-state index contributed by atoms with van der Waals surface area (Å²) in [6.07, 6.45) is 3.42. The number of carboxylic acid groups (broad SMARTS) is 1. The second kappa shape index (κ2) is 6.25. The number of carboxylic acids is 1. The lowest BCUT2D eigenvalue weighted by Gasteiger charge is -2.14. The van der Waals surface area contributed by atoms with E-state index < -0.39 is 11.8 Å². The Kier molecular flexibility index (Phi) is 4.42. The van der Waals surface area contributed by atoms with Gasteiger partial charge in [0.2, 0.25) is 0 Å². The zero-order valence-corrected chi connectivity index (χ0v) is 11.0. The van der Waals surface area contributed by atoms with Crippen molar-refractivity contribution in [3.8, 4) is 0 Å². The van der Waals surface area contributed by atoms with Gasteiger partial charge >= 0.3 is 5.97 Å². The van der Waals surface area contributed by atoms with Crippen LogP contribution in [0.2, 0.25) is 0 Å². The monoisotopic (exact) mass is 274 g/mol. The van der Waals surface area contributed by atoms with Crippen molar-refractivity contribution >= 4 is 5.97 Å². The lowest BCUT2D eigenvalue weighted by atomic mass is 10.1. The number of carbonyl (C=O) groups is 1. The van der Waals surface area contributed by atoms with E-state index in [1.54, 1.807) is 12.4 Å². The topological polar surface area (TPSA) is 62.2 Å². The third kappa shape index (κ3) is 3.39. The average Bonchev–Trinajstić information content (AvgIpc) is 2.46. The molecule has 0 bridgehead atoms. The Hall–Kier alpha value is -2.27. The van der Waals surface area contributed by atoms with Crippen LogP contribution in [0.1, 0.15) is 34.5 Å². The summed E-state index contributed by atoms with van der Waals surface area (Å²) in [4.78, 5) is 14.9. The van der Waals surface area contributed by atoms with Gasteiger partial charge in [-0.05, 0) is 36.8 Å². The molecule has 0 aliphatic carbocycles. The molecule has 1 aromatic heterocycles. The third-order valence-corrected chi connectivity index (χ3v) is 3.08. The number of hydrogen-bond donors (Lipinski definition) is 2. The predicted octanol–water partition coefficient (Wildman–Crippen LogP) is 2.77. The summed E-state index contributed by atoms with van der Waals surface area (Å²) in [5.41, 5.74) is 1.40. The van der Waals surface area contributed by atoms with E-state index in [9.17, 15) is 9.18 Å². The number of aromatic carboxylic acids is 1. The van der Waals surface area contributed by atoms with Crippen LogP contribution in [0, 0.1) is 5.82 Å². The molecule has 1 heterocycles. The number of halogens is 1. The van der Waals surface area contributed by atoms with E-state index in [1.165, 1.54) is 18.2 Å². The number of benzene rings is 1. The maximum Gasteiger partial charge on any atom is 0.335 e. The predicted molar refractivity (Wildman–Crippen MR) is 72.9 cm³/mol. The molecule has 1 unspecified atom stereocenters. The van der Waals surface area contributed by atoms with Crippen LogP contribution < -0.4 is 5.32 Å².